The third-order valence-electron chi connectivity index (χ3n) is 2.32. The Balaban J connectivity index is 4.06. The van der Waals surface area contributed by atoms with Crippen LogP contribution >= 0.6 is 0 Å². The fraction of sp³-hybridized carbons (Fsp3) is 0.818. The van der Waals surface area contributed by atoms with Crippen molar-refractivity contribution in [3.63, 3.8) is 0 Å². The van der Waals surface area contributed by atoms with Crippen molar-refractivity contribution in [1.82, 2.24) is 5.32 Å². The fourth-order valence-electron chi connectivity index (χ4n) is 1.06. The third-order valence-corrected chi connectivity index (χ3v) is 2.32. The first-order valence-electron chi connectivity index (χ1n) is 5.52. The van der Waals surface area contributed by atoms with E-state index in [0.717, 1.165) is 6.42 Å². The fourth-order valence-corrected chi connectivity index (χ4v) is 1.06. The second-order valence-corrected chi connectivity index (χ2v) is 4.16. The molecule has 0 heterocycles. The summed E-state index contributed by atoms with van der Waals surface area (Å²) in [6.45, 7) is 7.22. The minimum atomic E-state index is -1.02. The van der Waals surface area contributed by atoms with Crippen molar-refractivity contribution in [3.05, 3.63) is 0 Å². The van der Waals surface area contributed by atoms with Gasteiger partial charge < -0.3 is 15.2 Å². The maximum Gasteiger partial charge on any atom is 0.326 e. The first-order valence-corrected chi connectivity index (χ1v) is 5.52. The molecule has 0 aromatic rings. The van der Waals surface area contributed by atoms with Crippen LogP contribution in [0.15, 0.2) is 0 Å². The summed E-state index contributed by atoms with van der Waals surface area (Å²) in [6.07, 6.45) is 0.827. The lowest BCUT2D eigenvalue weighted by Crippen LogP contribution is -2.45. The van der Waals surface area contributed by atoms with E-state index in [0.29, 0.717) is 0 Å². The van der Waals surface area contributed by atoms with Crippen LogP contribution in [0.3, 0.4) is 0 Å². The van der Waals surface area contributed by atoms with E-state index in [2.05, 4.69) is 5.32 Å². The zero-order valence-corrected chi connectivity index (χ0v) is 10.3. The van der Waals surface area contributed by atoms with Gasteiger partial charge in [0.1, 0.15) is 12.6 Å². The van der Waals surface area contributed by atoms with Crippen LogP contribution in [0.4, 0.5) is 0 Å². The summed E-state index contributed by atoms with van der Waals surface area (Å²) < 4.78 is 5.21. The molecule has 16 heavy (non-hydrogen) atoms. The Kier molecular flexibility index (Phi) is 6.72. The van der Waals surface area contributed by atoms with Gasteiger partial charge >= 0.3 is 5.97 Å². The van der Waals surface area contributed by atoms with Crippen molar-refractivity contribution in [2.24, 2.45) is 5.92 Å². The van der Waals surface area contributed by atoms with Gasteiger partial charge in [-0.2, -0.15) is 0 Å². The van der Waals surface area contributed by atoms with E-state index in [1.54, 1.807) is 13.8 Å². The van der Waals surface area contributed by atoms with Crippen LogP contribution in [0.5, 0.6) is 0 Å². The highest BCUT2D eigenvalue weighted by atomic mass is 16.5. The summed E-state index contributed by atoms with van der Waals surface area (Å²) in [7, 11) is 0. The van der Waals surface area contributed by atoms with Crippen LogP contribution in [-0.2, 0) is 14.3 Å². The lowest BCUT2D eigenvalue weighted by Gasteiger charge is -2.18. The number of nitrogens with one attached hydrogen (secondary N) is 1. The Labute approximate surface area is 96.2 Å². The smallest absolute Gasteiger partial charge is 0.326 e. The molecular weight excluding hydrogens is 210 g/mol. The van der Waals surface area contributed by atoms with Gasteiger partial charge in [-0.05, 0) is 19.3 Å². The molecule has 0 saturated heterocycles. The number of rotatable bonds is 7. The molecular formula is C11H21NO4. The zero-order valence-electron chi connectivity index (χ0n) is 10.3. The Morgan fingerprint density at radius 2 is 1.88 bits per heavy atom. The molecule has 0 spiro atoms. The summed E-state index contributed by atoms with van der Waals surface area (Å²) >= 11 is 0. The van der Waals surface area contributed by atoms with Crippen LogP contribution in [0.2, 0.25) is 0 Å². The number of carboxylic acids is 1. The van der Waals surface area contributed by atoms with E-state index in [9.17, 15) is 9.59 Å². The van der Waals surface area contributed by atoms with Gasteiger partial charge in [0.05, 0.1) is 6.10 Å². The average molecular weight is 231 g/mol. The van der Waals surface area contributed by atoms with Crippen LogP contribution in [0, 0.1) is 5.92 Å². The number of carbonyl (C=O) groups is 2. The summed E-state index contributed by atoms with van der Waals surface area (Å²) in [5.41, 5.74) is 0. The molecule has 0 aromatic carbocycles. The van der Waals surface area contributed by atoms with Crippen molar-refractivity contribution >= 4 is 11.9 Å². The minimum Gasteiger partial charge on any atom is -0.480 e. The summed E-state index contributed by atoms with van der Waals surface area (Å²) in [5.74, 6) is -1.56. The van der Waals surface area contributed by atoms with Crippen molar-refractivity contribution in [3.8, 4) is 0 Å². The second-order valence-electron chi connectivity index (χ2n) is 4.16. The highest BCUT2D eigenvalue weighted by molar-refractivity contribution is 5.84. The maximum absolute atomic E-state index is 11.4. The lowest BCUT2D eigenvalue weighted by molar-refractivity contribution is -0.144. The van der Waals surface area contributed by atoms with E-state index >= 15 is 0 Å². The van der Waals surface area contributed by atoms with Gasteiger partial charge in [-0.15, -0.1) is 0 Å². The lowest BCUT2D eigenvalue weighted by atomic mass is 10.1. The molecule has 0 aliphatic heterocycles. The summed E-state index contributed by atoms with van der Waals surface area (Å²) in [4.78, 5) is 22.2. The second kappa shape index (κ2) is 7.22. The molecule has 0 aliphatic rings. The summed E-state index contributed by atoms with van der Waals surface area (Å²) in [5, 5.41) is 11.3. The molecule has 2 unspecified atom stereocenters. The van der Waals surface area contributed by atoms with Crippen molar-refractivity contribution in [1.29, 1.82) is 0 Å². The monoisotopic (exact) mass is 231 g/mol. The van der Waals surface area contributed by atoms with Crippen LogP contribution in [-0.4, -0.2) is 35.7 Å². The molecule has 94 valence electrons. The number of hydrogen-bond acceptors (Lipinski definition) is 3. The number of amides is 1. The van der Waals surface area contributed by atoms with Gasteiger partial charge in [0.25, 0.3) is 0 Å². The molecule has 0 rings (SSSR count). The van der Waals surface area contributed by atoms with Crippen molar-refractivity contribution in [2.75, 3.05) is 6.61 Å². The topological polar surface area (TPSA) is 75.6 Å². The molecule has 0 fully saturated rings. The maximum atomic E-state index is 11.4. The number of aliphatic carboxylic acids is 1. The molecule has 1 amide bonds. The summed E-state index contributed by atoms with van der Waals surface area (Å²) in [6, 6.07) is -0.854. The normalized spacial score (nSPS) is 14.6. The van der Waals surface area contributed by atoms with E-state index in [-0.39, 0.29) is 24.5 Å². The molecule has 0 bridgehead atoms. The van der Waals surface area contributed by atoms with Gasteiger partial charge in [0, 0.05) is 0 Å². The van der Waals surface area contributed by atoms with Gasteiger partial charge in [0.15, 0.2) is 0 Å². The Hall–Kier alpha value is -1.10. The third kappa shape index (κ3) is 5.70. The predicted molar refractivity (Wildman–Crippen MR) is 60.1 cm³/mol. The van der Waals surface area contributed by atoms with Crippen LogP contribution in [0.25, 0.3) is 0 Å². The quantitative estimate of drug-likeness (QED) is 0.686. The Morgan fingerprint density at radius 1 is 1.31 bits per heavy atom. The number of carboxylic acid groups (broad SMARTS) is 1. The zero-order chi connectivity index (χ0) is 12.7. The first-order chi connectivity index (χ1) is 7.38. The van der Waals surface area contributed by atoms with Crippen molar-refractivity contribution < 1.29 is 19.4 Å². The van der Waals surface area contributed by atoms with E-state index in [4.69, 9.17) is 9.84 Å². The van der Waals surface area contributed by atoms with E-state index < -0.39 is 12.0 Å². The molecule has 5 nitrogen and oxygen atoms in total. The predicted octanol–water partition coefficient (Wildman–Crippen LogP) is 1.03. The van der Waals surface area contributed by atoms with E-state index in [1.807, 2.05) is 13.8 Å². The number of hydrogen-bond donors (Lipinski definition) is 2. The Morgan fingerprint density at radius 3 is 2.25 bits per heavy atom. The largest absolute Gasteiger partial charge is 0.480 e. The SMILES string of the molecule is CCC(C)OCC(=O)NC(C(=O)O)C(C)C. The molecule has 0 radical (unpaired) electrons. The minimum absolute atomic E-state index is 0.00748. The highest BCUT2D eigenvalue weighted by Gasteiger charge is 2.23. The average Bonchev–Trinajstić information content (AvgIpc) is 2.21. The van der Waals surface area contributed by atoms with Gasteiger partial charge in [-0.3, -0.25) is 4.79 Å². The van der Waals surface area contributed by atoms with E-state index in [1.165, 1.54) is 0 Å². The van der Waals surface area contributed by atoms with Gasteiger partial charge in [0.2, 0.25) is 5.91 Å². The molecule has 0 aromatic heterocycles. The number of ether oxygens (including phenoxy) is 1. The van der Waals surface area contributed by atoms with Gasteiger partial charge in [-0.25, -0.2) is 4.79 Å². The van der Waals surface area contributed by atoms with Crippen LogP contribution in [0.1, 0.15) is 34.1 Å². The standard InChI is InChI=1S/C11H21NO4/c1-5-8(4)16-6-9(13)12-10(7(2)3)11(14)15/h7-8,10H,5-6H2,1-4H3,(H,12,13)(H,14,15). The molecule has 2 atom stereocenters. The molecule has 5 heteroatoms. The molecule has 0 saturated carbocycles. The van der Waals surface area contributed by atoms with Gasteiger partial charge in [-0.1, -0.05) is 20.8 Å². The first kappa shape index (κ1) is 14.9. The van der Waals surface area contributed by atoms with Crippen molar-refractivity contribution in [2.45, 2.75) is 46.3 Å². The molecule has 0 aliphatic carbocycles. The number of carbonyl (C=O) groups excluding carboxylic acids is 1. The highest BCUT2D eigenvalue weighted by Crippen LogP contribution is 2.02. The molecule has 2 N–H and O–H groups in total. The Bertz CT molecular complexity index is 240. The van der Waals surface area contributed by atoms with Crippen LogP contribution < -0.4 is 5.32 Å².